The Morgan fingerprint density at radius 3 is 2.68 bits per heavy atom. The van der Waals surface area contributed by atoms with Gasteiger partial charge in [-0.15, -0.1) is 0 Å². The number of rotatable bonds is 3. The SMILES string of the molecule is Cc1cc(=O)c(C(=O)O)cn1Cc1ccccc1Cl. The van der Waals surface area contributed by atoms with Gasteiger partial charge in [-0.25, -0.2) is 4.79 Å². The number of nitrogens with zero attached hydrogens (tertiary/aromatic N) is 1. The minimum atomic E-state index is -1.22. The molecule has 0 fully saturated rings. The molecule has 0 saturated heterocycles. The Bertz CT molecular complexity index is 691. The molecule has 0 saturated carbocycles. The number of aromatic nitrogens is 1. The number of hydrogen-bond acceptors (Lipinski definition) is 2. The smallest absolute Gasteiger partial charge is 0.341 e. The molecule has 1 N–H and O–H groups in total. The van der Waals surface area contributed by atoms with Crippen LogP contribution in [0.4, 0.5) is 0 Å². The zero-order valence-electron chi connectivity index (χ0n) is 10.3. The fourth-order valence-electron chi connectivity index (χ4n) is 1.81. The van der Waals surface area contributed by atoms with E-state index in [1.807, 2.05) is 18.2 Å². The van der Waals surface area contributed by atoms with Gasteiger partial charge in [0.2, 0.25) is 0 Å². The minimum absolute atomic E-state index is 0.238. The van der Waals surface area contributed by atoms with Crippen LogP contribution >= 0.6 is 11.6 Å². The van der Waals surface area contributed by atoms with Crippen LogP contribution < -0.4 is 5.43 Å². The molecular weight excluding hydrogens is 266 g/mol. The van der Waals surface area contributed by atoms with Crippen LogP contribution in [0, 0.1) is 6.92 Å². The normalized spacial score (nSPS) is 10.4. The van der Waals surface area contributed by atoms with Crippen LogP contribution in [0.1, 0.15) is 21.6 Å². The Morgan fingerprint density at radius 2 is 2.05 bits per heavy atom. The average Bonchev–Trinajstić information content (AvgIpc) is 2.34. The molecule has 0 bridgehead atoms. The van der Waals surface area contributed by atoms with Crippen molar-refractivity contribution in [3.63, 3.8) is 0 Å². The quantitative estimate of drug-likeness (QED) is 0.938. The lowest BCUT2D eigenvalue weighted by atomic mass is 10.2. The lowest BCUT2D eigenvalue weighted by Gasteiger charge is -2.12. The molecule has 0 spiro atoms. The fourth-order valence-corrected chi connectivity index (χ4v) is 2.01. The van der Waals surface area contributed by atoms with Crippen LogP contribution in [0.25, 0.3) is 0 Å². The molecule has 0 radical (unpaired) electrons. The zero-order valence-corrected chi connectivity index (χ0v) is 11.0. The topological polar surface area (TPSA) is 59.3 Å². The minimum Gasteiger partial charge on any atom is -0.477 e. The summed E-state index contributed by atoms with van der Waals surface area (Å²) in [7, 11) is 0. The first kappa shape index (κ1) is 13.4. The summed E-state index contributed by atoms with van der Waals surface area (Å²) < 4.78 is 1.70. The highest BCUT2D eigenvalue weighted by atomic mass is 35.5. The summed E-state index contributed by atoms with van der Waals surface area (Å²) in [6.45, 7) is 2.18. The molecule has 0 aliphatic carbocycles. The van der Waals surface area contributed by atoms with Crippen molar-refractivity contribution in [3.8, 4) is 0 Å². The molecular formula is C14H12ClNO3. The molecule has 98 valence electrons. The first-order chi connectivity index (χ1) is 8.99. The van der Waals surface area contributed by atoms with Crippen LogP contribution in [0.3, 0.4) is 0 Å². The van der Waals surface area contributed by atoms with Gasteiger partial charge in [-0.2, -0.15) is 0 Å². The molecule has 1 aromatic heterocycles. The fraction of sp³-hybridized carbons (Fsp3) is 0.143. The van der Waals surface area contributed by atoms with Crippen LogP contribution in [0.15, 0.2) is 41.3 Å². The van der Waals surface area contributed by atoms with Crippen molar-refractivity contribution in [2.45, 2.75) is 13.5 Å². The molecule has 1 aromatic carbocycles. The Labute approximate surface area is 114 Å². The number of carbonyl (C=O) groups is 1. The second-order valence-electron chi connectivity index (χ2n) is 4.22. The van der Waals surface area contributed by atoms with E-state index in [0.717, 1.165) is 5.56 Å². The standard InChI is InChI=1S/C14H12ClNO3/c1-9-6-13(17)11(14(18)19)8-16(9)7-10-4-2-3-5-12(10)15/h2-6,8H,7H2,1H3,(H,18,19). The molecule has 0 amide bonds. The molecule has 4 nitrogen and oxygen atoms in total. The highest BCUT2D eigenvalue weighted by Gasteiger charge is 2.11. The summed E-state index contributed by atoms with van der Waals surface area (Å²) in [5, 5.41) is 9.57. The van der Waals surface area contributed by atoms with Crippen molar-refractivity contribution in [3.05, 3.63) is 68.6 Å². The highest BCUT2D eigenvalue weighted by Crippen LogP contribution is 2.16. The third-order valence-electron chi connectivity index (χ3n) is 2.87. The first-order valence-corrected chi connectivity index (χ1v) is 6.04. The van der Waals surface area contributed by atoms with E-state index in [4.69, 9.17) is 16.7 Å². The van der Waals surface area contributed by atoms with Gasteiger partial charge in [-0.05, 0) is 18.6 Å². The van der Waals surface area contributed by atoms with Crippen molar-refractivity contribution < 1.29 is 9.90 Å². The number of halogens is 1. The van der Waals surface area contributed by atoms with Crippen molar-refractivity contribution in [2.75, 3.05) is 0 Å². The Kier molecular flexibility index (Phi) is 3.71. The first-order valence-electron chi connectivity index (χ1n) is 5.67. The van der Waals surface area contributed by atoms with E-state index in [-0.39, 0.29) is 5.56 Å². The molecule has 5 heteroatoms. The molecule has 0 unspecified atom stereocenters. The summed E-state index contributed by atoms with van der Waals surface area (Å²) in [4.78, 5) is 22.5. The van der Waals surface area contributed by atoms with Crippen molar-refractivity contribution in [2.24, 2.45) is 0 Å². The predicted molar refractivity (Wildman–Crippen MR) is 73.0 cm³/mol. The van der Waals surface area contributed by atoms with Crippen LogP contribution in [0.2, 0.25) is 5.02 Å². The third kappa shape index (κ3) is 2.85. The van der Waals surface area contributed by atoms with Gasteiger partial charge in [0.15, 0.2) is 5.43 Å². The van der Waals surface area contributed by atoms with E-state index < -0.39 is 11.4 Å². The monoisotopic (exact) mass is 277 g/mol. The van der Waals surface area contributed by atoms with E-state index in [2.05, 4.69) is 0 Å². The van der Waals surface area contributed by atoms with Gasteiger partial charge in [0.05, 0.1) is 0 Å². The maximum Gasteiger partial charge on any atom is 0.341 e. The number of pyridine rings is 1. The van der Waals surface area contributed by atoms with E-state index >= 15 is 0 Å². The molecule has 0 aliphatic rings. The van der Waals surface area contributed by atoms with Gasteiger partial charge in [-0.3, -0.25) is 4.79 Å². The number of carboxylic acids is 1. The zero-order chi connectivity index (χ0) is 14.0. The second-order valence-corrected chi connectivity index (χ2v) is 4.62. The number of benzene rings is 1. The van der Waals surface area contributed by atoms with Crippen LogP contribution in [0.5, 0.6) is 0 Å². The summed E-state index contributed by atoms with van der Waals surface area (Å²) in [6.07, 6.45) is 1.35. The molecule has 2 rings (SSSR count). The van der Waals surface area contributed by atoms with Crippen molar-refractivity contribution >= 4 is 17.6 Å². The predicted octanol–water partition coefficient (Wildman–Crippen LogP) is 2.56. The maximum absolute atomic E-state index is 11.5. The Hall–Kier alpha value is -2.07. The molecule has 0 aliphatic heterocycles. The van der Waals surface area contributed by atoms with E-state index in [0.29, 0.717) is 17.3 Å². The number of carboxylic acid groups (broad SMARTS) is 1. The number of hydrogen-bond donors (Lipinski definition) is 1. The lowest BCUT2D eigenvalue weighted by molar-refractivity contribution is 0.0694. The van der Waals surface area contributed by atoms with Gasteiger partial charge in [-0.1, -0.05) is 29.8 Å². The van der Waals surface area contributed by atoms with Gasteiger partial charge in [0.25, 0.3) is 0 Å². The Balaban J connectivity index is 2.46. The highest BCUT2D eigenvalue weighted by molar-refractivity contribution is 6.31. The molecule has 2 aromatic rings. The van der Waals surface area contributed by atoms with E-state index in [1.165, 1.54) is 12.3 Å². The summed E-state index contributed by atoms with van der Waals surface area (Å²) >= 11 is 6.07. The van der Waals surface area contributed by atoms with Gasteiger partial charge < -0.3 is 9.67 Å². The lowest BCUT2D eigenvalue weighted by Crippen LogP contribution is -2.19. The van der Waals surface area contributed by atoms with Crippen LogP contribution in [-0.4, -0.2) is 15.6 Å². The summed E-state index contributed by atoms with van der Waals surface area (Å²) in [5.41, 5.74) is 0.834. The van der Waals surface area contributed by atoms with Crippen LogP contribution in [-0.2, 0) is 6.54 Å². The largest absolute Gasteiger partial charge is 0.477 e. The number of aromatic carboxylic acids is 1. The summed E-state index contributed by atoms with van der Waals surface area (Å²) in [6, 6.07) is 8.64. The molecule has 19 heavy (non-hydrogen) atoms. The van der Waals surface area contributed by atoms with Crippen molar-refractivity contribution in [1.82, 2.24) is 4.57 Å². The van der Waals surface area contributed by atoms with E-state index in [9.17, 15) is 9.59 Å². The molecule has 1 heterocycles. The van der Waals surface area contributed by atoms with Crippen molar-refractivity contribution in [1.29, 1.82) is 0 Å². The summed E-state index contributed by atoms with van der Waals surface area (Å²) in [5.74, 6) is -1.22. The van der Waals surface area contributed by atoms with Gasteiger partial charge in [0, 0.05) is 29.5 Å². The average molecular weight is 278 g/mol. The number of aryl methyl sites for hydroxylation is 1. The maximum atomic E-state index is 11.5. The molecule has 0 atom stereocenters. The Morgan fingerprint density at radius 1 is 1.37 bits per heavy atom. The van der Waals surface area contributed by atoms with E-state index in [1.54, 1.807) is 17.6 Å². The van der Waals surface area contributed by atoms with Gasteiger partial charge >= 0.3 is 5.97 Å². The third-order valence-corrected chi connectivity index (χ3v) is 3.24. The van der Waals surface area contributed by atoms with Gasteiger partial charge in [0.1, 0.15) is 5.56 Å². The second kappa shape index (κ2) is 5.28.